The van der Waals surface area contributed by atoms with Crippen LogP contribution in [0.2, 0.25) is 0 Å². The second-order valence-electron chi connectivity index (χ2n) is 4.31. The summed E-state index contributed by atoms with van der Waals surface area (Å²) in [6.45, 7) is 3.06. The van der Waals surface area contributed by atoms with Crippen molar-refractivity contribution in [1.82, 2.24) is 14.9 Å². The van der Waals surface area contributed by atoms with Crippen LogP contribution in [0.5, 0.6) is 0 Å². The molecule has 1 aromatic carbocycles. The summed E-state index contributed by atoms with van der Waals surface area (Å²) in [4.78, 5) is 15.7. The van der Waals surface area contributed by atoms with E-state index in [1.54, 1.807) is 24.4 Å². The lowest BCUT2D eigenvalue weighted by Gasteiger charge is -2.05. The highest BCUT2D eigenvalue weighted by atomic mass is 19.1. The van der Waals surface area contributed by atoms with Crippen LogP contribution in [-0.4, -0.2) is 22.0 Å². The molecule has 0 bridgehead atoms. The van der Waals surface area contributed by atoms with Crippen LogP contribution < -0.4 is 5.32 Å². The lowest BCUT2D eigenvalue weighted by molar-refractivity contribution is -0.116. The van der Waals surface area contributed by atoms with Crippen LogP contribution in [0, 0.1) is 12.7 Å². The predicted molar refractivity (Wildman–Crippen MR) is 75.4 cm³/mol. The van der Waals surface area contributed by atoms with Crippen molar-refractivity contribution in [3.63, 3.8) is 0 Å². The minimum Gasteiger partial charge on any atom is -0.351 e. The molecule has 0 saturated carbocycles. The summed E-state index contributed by atoms with van der Waals surface area (Å²) in [5.41, 5.74) is 0.396. The molecule has 0 aliphatic carbocycles. The van der Waals surface area contributed by atoms with E-state index < -0.39 is 0 Å². The lowest BCUT2D eigenvalue weighted by atomic mass is 10.2. The molecule has 0 fully saturated rings. The number of rotatable bonds is 5. The van der Waals surface area contributed by atoms with Gasteiger partial charge in [-0.3, -0.25) is 4.79 Å². The van der Waals surface area contributed by atoms with Gasteiger partial charge in [-0.25, -0.2) is 9.37 Å². The van der Waals surface area contributed by atoms with Gasteiger partial charge in [0.05, 0.1) is 0 Å². The first-order valence-electron chi connectivity index (χ1n) is 6.35. The van der Waals surface area contributed by atoms with Crippen LogP contribution in [0.1, 0.15) is 11.4 Å². The fourth-order valence-corrected chi connectivity index (χ4v) is 1.77. The number of carbonyl (C=O) groups is 1. The minimum absolute atomic E-state index is 0.244. The van der Waals surface area contributed by atoms with Gasteiger partial charge in [-0.05, 0) is 19.1 Å². The fourth-order valence-electron chi connectivity index (χ4n) is 1.77. The summed E-state index contributed by atoms with van der Waals surface area (Å²) in [7, 11) is 0. The molecule has 1 N–H and O–H groups in total. The molecule has 2 aromatic rings. The summed E-state index contributed by atoms with van der Waals surface area (Å²) in [6, 6.07) is 6.32. The average Bonchev–Trinajstić information content (AvgIpc) is 2.84. The first-order valence-corrected chi connectivity index (χ1v) is 6.35. The zero-order valence-corrected chi connectivity index (χ0v) is 11.2. The Kier molecular flexibility index (Phi) is 4.65. The molecule has 104 valence electrons. The number of nitrogens with zero attached hydrogens (tertiary/aromatic N) is 2. The van der Waals surface area contributed by atoms with E-state index in [-0.39, 0.29) is 11.7 Å². The van der Waals surface area contributed by atoms with Crippen molar-refractivity contribution < 1.29 is 9.18 Å². The molecule has 2 rings (SSSR count). The number of nitrogens with one attached hydrogen (secondary N) is 1. The SMILES string of the molecule is Cc1nccn1CCNC(=O)/C=C/c1ccccc1F. The van der Waals surface area contributed by atoms with Crippen LogP contribution >= 0.6 is 0 Å². The predicted octanol–water partition coefficient (Wildman–Crippen LogP) is 2.16. The van der Waals surface area contributed by atoms with Gasteiger partial charge in [0.25, 0.3) is 0 Å². The maximum absolute atomic E-state index is 13.3. The highest BCUT2D eigenvalue weighted by molar-refractivity contribution is 5.91. The standard InChI is InChI=1S/C15H16FN3O/c1-12-17-8-10-19(12)11-9-18-15(20)7-6-13-4-2-3-5-14(13)16/h2-8,10H,9,11H2,1H3,(H,18,20)/b7-6+. The number of aromatic nitrogens is 2. The van der Waals surface area contributed by atoms with Crippen molar-refractivity contribution in [2.45, 2.75) is 13.5 Å². The molecule has 0 atom stereocenters. The first kappa shape index (κ1) is 14.0. The number of carbonyl (C=O) groups excluding carboxylic acids is 1. The smallest absolute Gasteiger partial charge is 0.244 e. The van der Waals surface area contributed by atoms with Gasteiger partial charge < -0.3 is 9.88 Å². The molecule has 1 heterocycles. The van der Waals surface area contributed by atoms with Gasteiger partial charge in [0.1, 0.15) is 11.6 Å². The number of benzene rings is 1. The number of halogens is 1. The summed E-state index contributed by atoms with van der Waals surface area (Å²) >= 11 is 0. The monoisotopic (exact) mass is 273 g/mol. The summed E-state index contributed by atoms with van der Waals surface area (Å²) < 4.78 is 15.3. The van der Waals surface area contributed by atoms with Crippen LogP contribution in [0.4, 0.5) is 4.39 Å². The third kappa shape index (κ3) is 3.78. The molecule has 1 amide bonds. The van der Waals surface area contributed by atoms with Gasteiger partial charge in [-0.15, -0.1) is 0 Å². The van der Waals surface area contributed by atoms with E-state index in [0.717, 1.165) is 5.82 Å². The van der Waals surface area contributed by atoms with Crippen LogP contribution in [0.3, 0.4) is 0 Å². The Morgan fingerprint density at radius 2 is 2.25 bits per heavy atom. The highest BCUT2D eigenvalue weighted by Crippen LogP contribution is 2.07. The maximum Gasteiger partial charge on any atom is 0.244 e. The normalized spacial score (nSPS) is 10.9. The van der Waals surface area contributed by atoms with Crippen molar-refractivity contribution >= 4 is 12.0 Å². The second-order valence-corrected chi connectivity index (χ2v) is 4.31. The van der Waals surface area contributed by atoms with E-state index in [4.69, 9.17) is 0 Å². The van der Waals surface area contributed by atoms with Crippen molar-refractivity contribution in [2.75, 3.05) is 6.54 Å². The molecular weight excluding hydrogens is 257 g/mol. The zero-order valence-electron chi connectivity index (χ0n) is 11.2. The Bertz CT molecular complexity index is 619. The number of amides is 1. The van der Waals surface area contributed by atoms with Gasteiger partial charge in [-0.2, -0.15) is 0 Å². The summed E-state index contributed by atoms with van der Waals surface area (Å²) in [5.74, 6) is 0.317. The van der Waals surface area contributed by atoms with Crippen LogP contribution in [0.25, 0.3) is 6.08 Å². The van der Waals surface area contributed by atoms with Crippen molar-refractivity contribution in [2.24, 2.45) is 0 Å². The van der Waals surface area contributed by atoms with E-state index in [0.29, 0.717) is 18.7 Å². The minimum atomic E-state index is -0.342. The van der Waals surface area contributed by atoms with E-state index in [1.165, 1.54) is 18.2 Å². The van der Waals surface area contributed by atoms with Crippen LogP contribution in [0.15, 0.2) is 42.7 Å². The van der Waals surface area contributed by atoms with Crippen molar-refractivity contribution in [3.05, 3.63) is 59.9 Å². The number of aryl methyl sites for hydroxylation is 1. The summed E-state index contributed by atoms with van der Waals surface area (Å²) in [5, 5.41) is 2.74. The van der Waals surface area contributed by atoms with Crippen LogP contribution in [-0.2, 0) is 11.3 Å². The number of imidazole rings is 1. The number of hydrogen-bond acceptors (Lipinski definition) is 2. The number of hydrogen-bond donors (Lipinski definition) is 1. The lowest BCUT2D eigenvalue weighted by Crippen LogP contribution is -2.25. The Labute approximate surface area is 117 Å². The first-order chi connectivity index (χ1) is 9.66. The molecule has 4 nitrogen and oxygen atoms in total. The maximum atomic E-state index is 13.3. The van der Waals surface area contributed by atoms with Gasteiger partial charge in [0.15, 0.2) is 0 Å². The Morgan fingerprint density at radius 1 is 1.45 bits per heavy atom. The molecule has 0 spiro atoms. The van der Waals surface area contributed by atoms with Gasteiger partial charge >= 0.3 is 0 Å². The zero-order chi connectivity index (χ0) is 14.4. The van der Waals surface area contributed by atoms with Gasteiger partial charge in [0.2, 0.25) is 5.91 Å². The molecule has 0 aliphatic rings. The molecule has 0 radical (unpaired) electrons. The molecule has 5 heteroatoms. The van der Waals surface area contributed by atoms with E-state index in [2.05, 4.69) is 10.3 Å². The Balaban J connectivity index is 1.81. The molecule has 20 heavy (non-hydrogen) atoms. The largest absolute Gasteiger partial charge is 0.351 e. The highest BCUT2D eigenvalue weighted by Gasteiger charge is 1.99. The third-order valence-corrected chi connectivity index (χ3v) is 2.90. The molecule has 0 aliphatic heterocycles. The van der Waals surface area contributed by atoms with E-state index in [1.807, 2.05) is 17.7 Å². The summed E-state index contributed by atoms with van der Waals surface area (Å²) in [6.07, 6.45) is 6.37. The third-order valence-electron chi connectivity index (χ3n) is 2.90. The fraction of sp³-hybridized carbons (Fsp3) is 0.200. The molecular formula is C15H16FN3O. The molecule has 0 saturated heterocycles. The quantitative estimate of drug-likeness (QED) is 0.849. The molecule has 1 aromatic heterocycles. The van der Waals surface area contributed by atoms with Crippen molar-refractivity contribution in [3.8, 4) is 0 Å². The average molecular weight is 273 g/mol. The Morgan fingerprint density at radius 3 is 2.95 bits per heavy atom. The second kappa shape index (κ2) is 6.65. The van der Waals surface area contributed by atoms with Gasteiger partial charge in [0, 0.05) is 37.1 Å². The Hall–Kier alpha value is -2.43. The van der Waals surface area contributed by atoms with Gasteiger partial charge in [-0.1, -0.05) is 18.2 Å². The van der Waals surface area contributed by atoms with Crippen molar-refractivity contribution in [1.29, 1.82) is 0 Å². The topological polar surface area (TPSA) is 46.9 Å². The molecule has 0 unspecified atom stereocenters. The van der Waals surface area contributed by atoms with E-state index >= 15 is 0 Å². The van der Waals surface area contributed by atoms with E-state index in [9.17, 15) is 9.18 Å².